The van der Waals surface area contributed by atoms with Crippen LogP contribution in [0.25, 0.3) is 0 Å². The van der Waals surface area contributed by atoms with Gasteiger partial charge in [0.2, 0.25) is 0 Å². The summed E-state index contributed by atoms with van der Waals surface area (Å²) < 4.78 is 16.0. The fraction of sp³-hybridized carbons (Fsp3) is 0.286. The Labute approximate surface area is 115 Å². The number of hydrogen-bond acceptors (Lipinski definition) is 1. The van der Waals surface area contributed by atoms with Crippen LogP contribution in [0.2, 0.25) is 0 Å². The maximum atomic E-state index is 13.0. The number of nitrogens with zero attached hydrogens (tertiary/aromatic N) is 1. The van der Waals surface area contributed by atoms with Crippen LogP contribution in [0.15, 0.2) is 41.0 Å². The van der Waals surface area contributed by atoms with Crippen LogP contribution in [0, 0.1) is 5.82 Å². The second kappa shape index (κ2) is 6.16. The van der Waals surface area contributed by atoms with Gasteiger partial charge in [-0.1, -0.05) is 28.9 Å². The monoisotopic (exact) mass is 310 g/mol. The van der Waals surface area contributed by atoms with Crippen LogP contribution in [0.5, 0.6) is 0 Å². The average Bonchev–Trinajstić information content (AvgIpc) is 2.77. The molecule has 18 heavy (non-hydrogen) atoms. The van der Waals surface area contributed by atoms with Gasteiger partial charge in [0.1, 0.15) is 5.82 Å². The fourth-order valence-electron chi connectivity index (χ4n) is 1.85. The van der Waals surface area contributed by atoms with Crippen LogP contribution >= 0.6 is 15.9 Å². The molecule has 0 fully saturated rings. The molecule has 2 aromatic rings. The van der Waals surface area contributed by atoms with Crippen molar-refractivity contribution in [2.75, 3.05) is 6.54 Å². The molecule has 1 aromatic carbocycles. The van der Waals surface area contributed by atoms with Crippen LogP contribution in [-0.2, 0) is 13.1 Å². The van der Waals surface area contributed by atoms with Crippen molar-refractivity contribution in [2.45, 2.75) is 20.0 Å². The molecule has 0 aliphatic rings. The fourth-order valence-corrected chi connectivity index (χ4v) is 2.33. The lowest BCUT2D eigenvalue weighted by atomic mass is 10.2. The lowest BCUT2D eigenvalue weighted by Crippen LogP contribution is -2.15. The molecule has 0 saturated heterocycles. The zero-order valence-electron chi connectivity index (χ0n) is 10.3. The van der Waals surface area contributed by atoms with Gasteiger partial charge in [0.15, 0.2) is 0 Å². The Bertz CT molecular complexity index is 522. The number of rotatable bonds is 5. The molecule has 0 bridgehead atoms. The molecule has 1 aromatic heterocycles. The van der Waals surface area contributed by atoms with Crippen LogP contribution in [0.4, 0.5) is 4.39 Å². The van der Waals surface area contributed by atoms with Crippen molar-refractivity contribution in [3.63, 3.8) is 0 Å². The van der Waals surface area contributed by atoms with E-state index in [1.807, 2.05) is 18.3 Å². The van der Waals surface area contributed by atoms with Gasteiger partial charge in [-0.2, -0.15) is 0 Å². The van der Waals surface area contributed by atoms with Gasteiger partial charge < -0.3 is 9.88 Å². The largest absolute Gasteiger partial charge is 0.346 e. The molecule has 1 heterocycles. The SMILES string of the molecule is CCNCc1cccn1Cc1ccc(F)cc1Br. The minimum atomic E-state index is -0.217. The van der Waals surface area contributed by atoms with Crippen molar-refractivity contribution in [2.24, 2.45) is 0 Å². The third-order valence-electron chi connectivity index (χ3n) is 2.84. The second-order valence-corrected chi connectivity index (χ2v) is 5.00. The maximum Gasteiger partial charge on any atom is 0.124 e. The maximum absolute atomic E-state index is 13.0. The second-order valence-electron chi connectivity index (χ2n) is 4.14. The van der Waals surface area contributed by atoms with E-state index < -0.39 is 0 Å². The summed E-state index contributed by atoms with van der Waals surface area (Å²) in [4.78, 5) is 0. The highest BCUT2D eigenvalue weighted by Crippen LogP contribution is 2.20. The molecule has 0 saturated carbocycles. The van der Waals surface area contributed by atoms with Gasteiger partial charge in [0.25, 0.3) is 0 Å². The summed E-state index contributed by atoms with van der Waals surface area (Å²) in [5.41, 5.74) is 2.30. The number of nitrogens with one attached hydrogen (secondary N) is 1. The van der Waals surface area contributed by atoms with Crippen molar-refractivity contribution in [1.29, 1.82) is 0 Å². The summed E-state index contributed by atoms with van der Waals surface area (Å²) in [6.07, 6.45) is 2.04. The summed E-state index contributed by atoms with van der Waals surface area (Å²) in [7, 11) is 0. The normalized spacial score (nSPS) is 10.8. The zero-order chi connectivity index (χ0) is 13.0. The predicted molar refractivity (Wildman–Crippen MR) is 75.0 cm³/mol. The average molecular weight is 311 g/mol. The Balaban J connectivity index is 2.15. The van der Waals surface area contributed by atoms with Gasteiger partial charge in [0, 0.05) is 29.5 Å². The highest BCUT2D eigenvalue weighted by Gasteiger charge is 2.05. The third-order valence-corrected chi connectivity index (χ3v) is 3.57. The zero-order valence-corrected chi connectivity index (χ0v) is 11.9. The molecule has 0 unspecified atom stereocenters. The van der Waals surface area contributed by atoms with E-state index in [-0.39, 0.29) is 5.82 Å². The Hall–Kier alpha value is -1.13. The molecule has 2 rings (SSSR count). The Morgan fingerprint density at radius 3 is 2.89 bits per heavy atom. The summed E-state index contributed by atoms with van der Waals surface area (Å²) in [6.45, 7) is 4.63. The first-order valence-electron chi connectivity index (χ1n) is 5.99. The standard InChI is InChI=1S/C14H16BrFN2/c1-2-17-9-13-4-3-7-18(13)10-11-5-6-12(16)8-14(11)15/h3-8,17H,2,9-10H2,1H3. The third kappa shape index (κ3) is 3.21. The molecule has 0 spiro atoms. The summed E-state index contributed by atoms with van der Waals surface area (Å²) >= 11 is 3.40. The van der Waals surface area contributed by atoms with E-state index in [1.165, 1.54) is 17.8 Å². The van der Waals surface area contributed by atoms with Crippen molar-refractivity contribution < 1.29 is 4.39 Å². The van der Waals surface area contributed by atoms with Crippen LogP contribution in [0.3, 0.4) is 0 Å². The van der Waals surface area contributed by atoms with Crippen molar-refractivity contribution >= 4 is 15.9 Å². The van der Waals surface area contributed by atoms with Gasteiger partial charge in [0.05, 0.1) is 0 Å². The molecule has 0 aliphatic heterocycles. The minimum Gasteiger partial charge on any atom is -0.346 e. The number of aromatic nitrogens is 1. The molecule has 1 N–H and O–H groups in total. The van der Waals surface area contributed by atoms with E-state index in [2.05, 4.69) is 38.8 Å². The van der Waals surface area contributed by atoms with Crippen LogP contribution in [0.1, 0.15) is 18.2 Å². The minimum absolute atomic E-state index is 0.217. The van der Waals surface area contributed by atoms with Gasteiger partial charge in [-0.05, 0) is 36.4 Å². The lowest BCUT2D eigenvalue weighted by molar-refractivity contribution is 0.623. The van der Waals surface area contributed by atoms with Gasteiger partial charge >= 0.3 is 0 Å². The number of hydrogen-bond donors (Lipinski definition) is 1. The molecular weight excluding hydrogens is 295 g/mol. The number of halogens is 2. The van der Waals surface area contributed by atoms with E-state index in [4.69, 9.17) is 0 Å². The quantitative estimate of drug-likeness (QED) is 0.893. The Morgan fingerprint density at radius 2 is 2.17 bits per heavy atom. The Kier molecular flexibility index (Phi) is 4.55. The van der Waals surface area contributed by atoms with Crippen LogP contribution in [-0.4, -0.2) is 11.1 Å². The van der Waals surface area contributed by atoms with E-state index in [1.54, 1.807) is 0 Å². The van der Waals surface area contributed by atoms with Crippen molar-refractivity contribution in [3.8, 4) is 0 Å². The molecule has 2 nitrogen and oxygen atoms in total. The lowest BCUT2D eigenvalue weighted by Gasteiger charge is -2.11. The molecule has 0 radical (unpaired) electrons. The van der Waals surface area contributed by atoms with E-state index in [9.17, 15) is 4.39 Å². The smallest absolute Gasteiger partial charge is 0.124 e. The molecule has 0 aliphatic carbocycles. The first kappa shape index (κ1) is 13.3. The number of benzene rings is 1. The van der Waals surface area contributed by atoms with Crippen molar-refractivity contribution in [1.82, 2.24) is 9.88 Å². The molecule has 0 amide bonds. The first-order chi connectivity index (χ1) is 8.70. The molecule has 4 heteroatoms. The van der Waals surface area contributed by atoms with Crippen LogP contribution < -0.4 is 5.32 Å². The summed E-state index contributed by atoms with van der Waals surface area (Å²) in [5.74, 6) is -0.217. The first-order valence-corrected chi connectivity index (χ1v) is 6.78. The topological polar surface area (TPSA) is 17.0 Å². The molecule has 0 atom stereocenters. The van der Waals surface area contributed by atoms with E-state index in [0.29, 0.717) is 0 Å². The predicted octanol–water partition coefficient (Wildman–Crippen LogP) is 3.55. The van der Waals surface area contributed by atoms with E-state index >= 15 is 0 Å². The van der Waals surface area contributed by atoms with Gasteiger partial charge in [-0.15, -0.1) is 0 Å². The molecular formula is C14H16BrFN2. The summed E-state index contributed by atoms with van der Waals surface area (Å²) in [5, 5.41) is 3.31. The molecule has 96 valence electrons. The van der Waals surface area contributed by atoms with Gasteiger partial charge in [-0.3, -0.25) is 0 Å². The highest BCUT2D eigenvalue weighted by atomic mass is 79.9. The summed E-state index contributed by atoms with van der Waals surface area (Å²) in [6, 6.07) is 8.94. The highest BCUT2D eigenvalue weighted by molar-refractivity contribution is 9.10. The van der Waals surface area contributed by atoms with Gasteiger partial charge in [-0.25, -0.2) is 4.39 Å². The van der Waals surface area contributed by atoms with Crippen molar-refractivity contribution in [3.05, 3.63) is 58.1 Å². The van der Waals surface area contributed by atoms with E-state index in [0.717, 1.165) is 29.7 Å². The Morgan fingerprint density at radius 1 is 1.33 bits per heavy atom.